The van der Waals surface area contributed by atoms with Crippen molar-refractivity contribution in [1.82, 2.24) is 19.9 Å². The number of aromatic nitrogens is 2. The molecule has 1 saturated heterocycles. The van der Waals surface area contributed by atoms with Gasteiger partial charge in [-0.25, -0.2) is 4.79 Å². The Balaban J connectivity index is 1.70. The Kier molecular flexibility index (Phi) is 5.33. The molecule has 134 valence electrons. The van der Waals surface area contributed by atoms with E-state index >= 15 is 0 Å². The SMILES string of the molecule is CCN(CC)[C@@H]1CCN(C(=O)Nc2ccccc2-c2noc(C)n2)C1. The molecule has 2 aromatic rings. The van der Waals surface area contributed by atoms with Gasteiger partial charge in [0.1, 0.15) is 0 Å². The average molecular weight is 343 g/mol. The molecule has 0 aliphatic carbocycles. The molecule has 25 heavy (non-hydrogen) atoms. The van der Waals surface area contributed by atoms with Crippen LogP contribution in [0.15, 0.2) is 28.8 Å². The number of rotatable bonds is 5. The lowest BCUT2D eigenvalue weighted by Gasteiger charge is -2.26. The largest absolute Gasteiger partial charge is 0.339 e. The molecule has 0 radical (unpaired) electrons. The van der Waals surface area contributed by atoms with Crippen molar-refractivity contribution < 1.29 is 9.32 Å². The Hall–Kier alpha value is -2.41. The van der Waals surface area contributed by atoms with Crippen LogP contribution in [0.25, 0.3) is 11.4 Å². The number of amides is 2. The number of urea groups is 1. The fourth-order valence-electron chi connectivity index (χ4n) is 3.35. The number of likely N-dealkylation sites (tertiary alicyclic amines) is 1. The summed E-state index contributed by atoms with van der Waals surface area (Å²) in [4.78, 5) is 21.2. The van der Waals surface area contributed by atoms with Crippen molar-refractivity contribution >= 4 is 11.7 Å². The minimum absolute atomic E-state index is 0.0812. The maximum absolute atomic E-state index is 12.7. The summed E-state index contributed by atoms with van der Waals surface area (Å²) in [5.74, 6) is 0.980. The van der Waals surface area contributed by atoms with Gasteiger partial charge in [0, 0.05) is 31.6 Å². The second-order valence-electron chi connectivity index (χ2n) is 6.22. The fraction of sp³-hybridized carbons (Fsp3) is 0.500. The molecule has 2 amide bonds. The predicted molar refractivity (Wildman–Crippen MR) is 96.4 cm³/mol. The highest BCUT2D eigenvalue weighted by Crippen LogP contribution is 2.26. The standard InChI is InChI=1S/C18H25N5O2/c1-4-22(5-2)14-10-11-23(12-14)18(24)20-16-9-7-6-8-15(16)17-19-13(3)25-21-17/h6-9,14H,4-5,10-12H2,1-3H3,(H,20,24)/t14-/m1/s1. The third kappa shape index (κ3) is 3.82. The van der Waals surface area contributed by atoms with E-state index in [1.807, 2.05) is 29.2 Å². The van der Waals surface area contributed by atoms with Gasteiger partial charge in [0.05, 0.1) is 5.69 Å². The third-order valence-corrected chi connectivity index (χ3v) is 4.72. The van der Waals surface area contributed by atoms with Crippen molar-refractivity contribution in [3.8, 4) is 11.4 Å². The van der Waals surface area contributed by atoms with Crippen LogP contribution in [0.4, 0.5) is 10.5 Å². The zero-order valence-corrected chi connectivity index (χ0v) is 15.0. The minimum atomic E-state index is -0.0812. The van der Waals surface area contributed by atoms with E-state index in [0.717, 1.165) is 38.2 Å². The number of nitrogens with zero attached hydrogens (tertiary/aromatic N) is 4. The van der Waals surface area contributed by atoms with Crippen molar-refractivity contribution in [2.75, 3.05) is 31.5 Å². The molecular weight excluding hydrogens is 318 g/mol. The number of para-hydroxylation sites is 1. The highest BCUT2D eigenvalue weighted by atomic mass is 16.5. The van der Waals surface area contributed by atoms with E-state index in [2.05, 4.69) is 34.2 Å². The van der Waals surface area contributed by atoms with Crippen molar-refractivity contribution in [2.45, 2.75) is 33.2 Å². The van der Waals surface area contributed by atoms with Gasteiger partial charge in [0.15, 0.2) is 0 Å². The number of hydrogen-bond donors (Lipinski definition) is 1. The Labute approximate surface area is 148 Å². The van der Waals surface area contributed by atoms with Crippen molar-refractivity contribution in [1.29, 1.82) is 0 Å². The lowest BCUT2D eigenvalue weighted by atomic mass is 10.1. The molecular formula is C18H25N5O2. The lowest BCUT2D eigenvalue weighted by Crippen LogP contribution is -2.39. The Morgan fingerprint density at radius 2 is 2.12 bits per heavy atom. The van der Waals surface area contributed by atoms with Crippen molar-refractivity contribution in [3.05, 3.63) is 30.2 Å². The van der Waals surface area contributed by atoms with Crippen LogP contribution in [0.2, 0.25) is 0 Å². The van der Waals surface area contributed by atoms with Gasteiger partial charge in [0.25, 0.3) is 0 Å². The summed E-state index contributed by atoms with van der Waals surface area (Å²) in [6.07, 6.45) is 1.01. The molecule has 0 unspecified atom stereocenters. The number of hydrogen-bond acceptors (Lipinski definition) is 5. The van der Waals surface area contributed by atoms with Crippen LogP contribution in [0.3, 0.4) is 0 Å². The van der Waals surface area contributed by atoms with E-state index in [1.54, 1.807) is 6.92 Å². The Bertz CT molecular complexity index is 726. The number of carbonyl (C=O) groups is 1. The van der Waals surface area contributed by atoms with Gasteiger partial charge in [-0.05, 0) is 31.6 Å². The average Bonchev–Trinajstić information content (AvgIpc) is 3.26. The number of nitrogens with one attached hydrogen (secondary N) is 1. The Morgan fingerprint density at radius 3 is 2.80 bits per heavy atom. The highest BCUT2D eigenvalue weighted by Gasteiger charge is 2.29. The van der Waals surface area contributed by atoms with Crippen LogP contribution >= 0.6 is 0 Å². The van der Waals surface area contributed by atoms with Crippen molar-refractivity contribution in [3.63, 3.8) is 0 Å². The number of carbonyl (C=O) groups excluding carboxylic acids is 1. The summed E-state index contributed by atoms with van der Waals surface area (Å²) in [6, 6.07) is 7.87. The minimum Gasteiger partial charge on any atom is -0.339 e. The van der Waals surface area contributed by atoms with Gasteiger partial charge in [0.2, 0.25) is 11.7 Å². The number of benzene rings is 1. The van der Waals surface area contributed by atoms with E-state index in [1.165, 1.54) is 0 Å². The molecule has 1 N–H and O–H groups in total. The first-order valence-corrected chi connectivity index (χ1v) is 8.82. The van der Waals surface area contributed by atoms with E-state index in [0.29, 0.717) is 23.4 Å². The van der Waals surface area contributed by atoms with Gasteiger partial charge in [-0.1, -0.05) is 31.1 Å². The fourth-order valence-corrected chi connectivity index (χ4v) is 3.35. The molecule has 1 atom stereocenters. The van der Waals surface area contributed by atoms with E-state index in [4.69, 9.17) is 4.52 Å². The van der Waals surface area contributed by atoms with E-state index in [9.17, 15) is 4.79 Å². The molecule has 7 heteroatoms. The molecule has 1 aliphatic rings. The van der Waals surface area contributed by atoms with Crippen LogP contribution < -0.4 is 5.32 Å². The molecule has 1 aromatic heterocycles. The molecule has 3 rings (SSSR count). The summed E-state index contributed by atoms with van der Waals surface area (Å²) in [6.45, 7) is 9.63. The summed E-state index contributed by atoms with van der Waals surface area (Å²) >= 11 is 0. The molecule has 1 aliphatic heterocycles. The van der Waals surface area contributed by atoms with Crippen LogP contribution in [0.1, 0.15) is 26.2 Å². The second kappa shape index (κ2) is 7.65. The second-order valence-corrected chi connectivity index (χ2v) is 6.22. The molecule has 7 nitrogen and oxygen atoms in total. The van der Waals surface area contributed by atoms with Gasteiger partial charge < -0.3 is 14.7 Å². The first-order chi connectivity index (χ1) is 12.1. The zero-order chi connectivity index (χ0) is 17.8. The third-order valence-electron chi connectivity index (χ3n) is 4.72. The summed E-state index contributed by atoms with van der Waals surface area (Å²) in [5.41, 5.74) is 1.45. The van der Waals surface area contributed by atoms with E-state index in [-0.39, 0.29) is 6.03 Å². The lowest BCUT2D eigenvalue weighted by molar-refractivity contribution is 0.202. The molecule has 0 saturated carbocycles. The maximum atomic E-state index is 12.7. The summed E-state index contributed by atoms with van der Waals surface area (Å²) < 4.78 is 5.05. The normalized spacial score (nSPS) is 17.3. The topological polar surface area (TPSA) is 74.5 Å². The Morgan fingerprint density at radius 1 is 1.36 bits per heavy atom. The number of likely N-dealkylation sites (N-methyl/N-ethyl adjacent to an activating group) is 1. The van der Waals surface area contributed by atoms with Crippen LogP contribution in [0, 0.1) is 6.92 Å². The van der Waals surface area contributed by atoms with E-state index < -0.39 is 0 Å². The summed E-state index contributed by atoms with van der Waals surface area (Å²) in [5, 5.41) is 6.95. The molecule has 1 fully saturated rings. The smallest absolute Gasteiger partial charge is 0.321 e. The maximum Gasteiger partial charge on any atom is 0.321 e. The molecule has 1 aromatic carbocycles. The van der Waals surface area contributed by atoms with Crippen molar-refractivity contribution in [2.24, 2.45) is 0 Å². The van der Waals surface area contributed by atoms with Gasteiger partial charge in [-0.2, -0.15) is 4.98 Å². The molecule has 0 spiro atoms. The highest BCUT2D eigenvalue weighted by molar-refractivity contribution is 5.93. The van der Waals surface area contributed by atoms with Gasteiger partial charge in [-0.15, -0.1) is 0 Å². The number of anilines is 1. The quantitative estimate of drug-likeness (QED) is 0.903. The number of aryl methyl sites for hydroxylation is 1. The van der Waals surface area contributed by atoms with Gasteiger partial charge in [-0.3, -0.25) is 4.90 Å². The van der Waals surface area contributed by atoms with Crippen LogP contribution in [0.5, 0.6) is 0 Å². The van der Waals surface area contributed by atoms with Crippen LogP contribution in [-0.2, 0) is 0 Å². The monoisotopic (exact) mass is 343 g/mol. The first kappa shape index (κ1) is 17.4. The summed E-state index contributed by atoms with van der Waals surface area (Å²) in [7, 11) is 0. The molecule has 2 heterocycles. The molecule has 0 bridgehead atoms. The zero-order valence-electron chi connectivity index (χ0n) is 15.0. The predicted octanol–water partition coefficient (Wildman–Crippen LogP) is 2.99. The first-order valence-electron chi connectivity index (χ1n) is 8.82. The van der Waals surface area contributed by atoms with Gasteiger partial charge >= 0.3 is 6.03 Å². The van der Waals surface area contributed by atoms with Crippen LogP contribution in [-0.4, -0.2) is 58.2 Å².